The highest BCUT2D eigenvalue weighted by Gasteiger charge is 2.34. The fourth-order valence-corrected chi connectivity index (χ4v) is 3.36. The molecule has 1 fully saturated rings. The Labute approximate surface area is 186 Å². The smallest absolute Gasteiger partial charge is 0.308 e. The number of carbonyl (C=O) groups excluding carboxylic acids is 3. The Balaban J connectivity index is 2.17. The maximum absolute atomic E-state index is 12.8. The van der Waals surface area contributed by atoms with Gasteiger partial charge in [-0.1, -0.05) is 6.92 Å². The first-order valence-corrected chi connectivity index (χ1v) is 10.1. The van der Waals surface area contributed by atoms with E-state index in [-0.39, 0.29) is 29.6 Å². The Kier molecular flexibility index (Phi) is 8.86. The van der Waals surface area contributed by atoms with Crippen LogP contribution in [0.15, 0.2) is 12.1 Å². The molecule has 2 amide bonds. The Hall–Kier alpha value is -3.08. The molecule has 0 aromatic heterocycles. The fourth-order valence-electron chi connectivity index (χ4n) is 3.05. The number of thiocarbonyl (C=S) groups is 1. The van der Waals surface area contributed by atoms with E-state index < -0.39 is 17.9 Å². The first kappa shape index (κ1) is 24.2. The monoisotopic (exact) mass is 453 g/mol. The van der Waals surface area contributed by atoms with Gasteiger partial charge in [0, 0.05) is 18.7 Å². The fraction of sp³-hybridized carbons (Fsp3) is 0.500. The minimum Gasteiger partial charge on any atom is -0.493 e. The van der Waals surface area contributed by atoms with Crippen LogP contribution in [0.1, 0.15) is 30.1 Å². The van der Waals surface area contributed by atoms with E-state index in [1.54, 1.807) is 0 Å². The van der Waals surface area contributed by atoms with Crippen molar-refractivity contribution in [3.63, 3.8) is 0 Å². The highest BCUT2D eigenvalue weighted by atomic mass is 32.1. The lowest BCUT2D eigenvalue weighted by atomic mass is 10.1. The number of piperazine rings is 1. The molecular formula is C20H27N3O7S. The molecule has 1 aliphatic heterocycles. The number of carbonyl (C=O) groups is 3. The summed E-state index contributed by atoms with van der Waals surface area (Å²) in [5.41, 5.74) is 0.220. The van der Waals surface area contributed by atoms with Gasteiger partial charge in [0.25, 0.3) is 5.91 Å². The average molecular weight is 454 g/mol. The van der Waals surface area contributed by atoms with E-state index in [1.807, 2.05) is 6.92 Å². The molecule has 31 heavy (non-hydrogen) atoms. The van der Waals surface area contributed by atoms with Crippen LogP contribution in [-0.4, -0.2) is 74.9 Å². The van der Waals surface area contributed by atoms with E-state index in [0.29, 0.717) is 36.8 Å². The predicted molar refractivity (Wildman–Crippen MR) is 116 cm³/mol. The average Bonchev–Trinajstić information content (AvgIpc) is 2.77. The van der Waals surface area contributed by atoms with E-state index in [0.717, 1.165) is 0 Å². The number of ether oxygens (including phenoxy) is 4. The Bertz CT molecular complexity index is 821. The summed E-state index contributed by atoms with van der Waals surface area (Å²) in [5.74, 6) is -0.416. The maximum Gasteiger partial charge on any atom is 0.308 e. The third kappa shape index (κ3) is 5.97. The minimum absolute atomic E-state index is 0.0295. The molecule has 0 saturated carbocycles. The first-order chi connectivity index (χ1) is 14.9. The van der Waals surface area contributed by atoms with Crippen molar-refractivity contribution in [2.24, 2.45) is 0 Å². The first-order valence-electron chi connectivity index (χ1n) is 9.71. The number of amides is 2. The van der Waals surface area contributed by atoms with Crippen LogP contribution in [0.25, 0.3) is 0 Å². The van der Waals surface area contributed by atoms with Gasteiger partial charge in [0.1, 0.15) is 6.04 Å². The molecule has 170 valence electrons. The zero-order valence-corrected chi connectivity index (χ0v) is 18.8. The van der Waals surface area contributed by atoms with Crippen LogP contribution >= 0.6 is 12.2 Å². The molecule has 1 unspecified atom stereocenters. The van der Waals surface area contributed by atoms with Crippen molar-refractivity contribution in [2.45, 2.75) is 25.8 Å². The Morgan fingerprint density at radius 3 is 2.39 bits per heavy atom. The number of rotatable bonds is 8. The van der Waals surface area contributed by atoms with Gasteiger partial charge in [0.15, 0.2) is 16.6 Å². The summed E-state index contributed by atoms with van der Waals surface area (Å²) in [4.78, 5) is 38.7. The summed E-state index contributed by atoms with van der Waals surface area (Å²) in [7, 11) is 4.35. The number of methoxy groups -OCH3 is 3. The zero-order chi connectivity index (χ0) is 23.0. The molecule has 0 spiro atoms. The molecule has 0 bridgehead atoms. The maximum atomic E-state index is 12.8. The van der Waals surface area contributed by atoms with Crippen LogP contribution in [0.4, 0.5) is 0 Å². The summed E-state index contributed by atoms with van der Waals surface area (Å²) in [6.45, 7) is 2.82. The second kappa shape index (κ2) is 11.3. The molecule has 0 aliphatic carbocycles. The lowest BCUT2D eigenvalue weighted by Crippen LogP contribution is -2.60. The van der Waals surface area contributed by atoms with E-state index in [2.05, 4.69) is 10.6 Å². The Morgan fingerprint density at radius 1 is 1.19 bits per heavy atom. The third-order valence-corrected chi connectivity index (χ3v) is 4.90. The number of hydrogen-bond acceptors (Lipinski definition) is 8. The van der Waals surface area contributed by atoms with Crippen LogP contribution in [-0.2, 0) is 14.3 Å². The van der Waals surface area contributed by atoms with Gasteiger partial charge in [0.05, 0.1) is 34.4 Å². The molecule has 10 nitrogen and oxygen atoms in total. The zero-order valence-electron chi connectivity index (χ0n) is 18.0. The van der Waals surface area contributed by atoms with E-state index >= 15 is 0 Å². The molecule has 0 radical (unpaired) electrons. The summed E-state index contributed by atoms with van der Waals surface area (Å²) in [6.07, 6.45) is 0.502. The number of nitrogens with one attached hydrogen (secondary N) is 2. The van der Waals surface area contributed by atoms with Crippen molar-refractivity contribution in [1.29, 1.82) is 0 Å². The normalized spacial score (nSPS) is 15.5. The molecular weight excluding hydrogens is 426 g/mol. The SMILES string of the molecule is CCCOC(=O)CC1C(=O)NCCN1C(=S)NC(=O)c1cc(OC)c(OC)c(OC)c1. The third-order valence-electron chi connectivity index (χ3n) is 4.57. The second-order valence-corrected chi connectivity index (χ2v) is 6.98. The molecule has 1 aliphatic rings. The van der Waals surface area contributed by atoms with E-state index in [9.17, 15) is 14.4 Å². The molecule has 2 rings (SSSR count). The topological polar surface area (TPSA) is 115 Å². The number of benzene rings is 1. The van der Waals surface area contributed by atoms with E-state index in [1.165, 1.54) is 38.4 Å². The van der Waals surface area contributed by atoms with Crippen molar-refractivity contribution >= 4 is 35.1 Å². The van der Waals surface area contributed by atoms with Crippen molar-refractivity contribution in [1.82, 2.24) is 15.5 Å². The standard InChI is InChI=1S/C20H27N3O7S/c1-5-8-30-16(24)11-13-19(26)21-6-7-23(13)20(31)22-18(25)12-9-14(27-2)17(29-4)15(10-12)28-3/h9-10,13H,5-8,11H2,1-4H3,(H,21,26)(H,22,25,31). The quantitative estimate of drug-likeness (QED) is 0.437. The number of esters is 1. The summed E-state index contributed by atoms with van der Waals surface area (Å²) in [5, 5.41) is 5.34. The molecule has 1 saturated heterocycles. The van der Waals surface area contributed by atoms with Crippen molar-refractivity contribution in [2.75, 3.05) is 41.0 Å². The van der Waals surface area contributed by atoms with Crippen molar-refractivity contribution in [3.8, 4) is 17.2 Å². The summed E-state index contributed by atoms with van der Waals surface area (Å²) >= 11 is 5.37. The highest BCUT2D eigenvalue weighted by Crippen LogP contribution is 2.38. The lowest BCUT2D eigenvalue weighted by molar-refractivity contribution is -0.147. The molecule has 1 aromatic carbocycles. The second-order valence-electron chi connectivity index (χ2n) is 6.60. The van der Waals surface area contributed by atoms with Crippen LogP contribution in [0.5, 0.6) is 17.2 Å². The van der Waals surface area contributed by atoms with E-state index in [4.69, 9.17) is 31.2 Å². The largest absolute Gasteiger partial charge is 0.493 e. The Morgan fingerprint density at radius 2 is 1.84 bits per heavy atom. The molecule has 1 heterocycles. The highest BCUT2D eigenvalue weighted by molar-refractivity contribution is 7.80. The van der Waals surface area contributed by atoms with Crippen molar-refractivity contribution in [3.05, 3.63) is 17.7 Å². The molecule has 1 aromatic rings. The van der Waals surface area contributed by atoms with Gasteiger partial charge >= 0.3 is 5.97 Å². The summed E-state index contributed by atoms with van der Waals surface area (Å²) in [6, 6.07) is 2.11. The van der Waals surface area contributed by atoms with Gasteiger partial charge in [-0.3, -0.25) is 19.7 Å². The minimum atomic E-state index is -0.870. The van der Waals surface area contributed by atoms with Crippen LogP contribution in [0.3, 0.4) is 0 Å². The predicted octanol–water partition coefficient (Wildman–Crippen LogP) is 0.871. The van der Waals surface area contributed by atoms with Gasteiger partial charge in [-0.2, -0.15) is 0 Å². The van der Waals surface area contributed by atoms with Crippen molar-refractivity contribution < 1.29 is 33.3 Å². The lowest BCUT2D eigenvalue weighted by Gasteiger charge is -2.36. The number of hydrogen-bond donors (Lipinski definition) is 2. The van der Waals surface area contributed by atoms with Gasteiger partial charge in [-0.15, -0.1) is 0 Å². The van der Waals surface area contributed by atoms with Gasteiger partial charge in [0.2, 0.25) is 11.7 Å². The molecule has 1 atom stereocenters. The van der Waals surface area contributed by atoms with Crippen LogP contribution in [0.2, 0.25) is 0 Å². The van der Waals surface area contributed by atoms with Gasteiger partial charge < -0.3 is 29.2 Å². The summed E-state index contributed by atoms with van der Waals surface area (Å²) < 4.78 is 20.9. The molecule has 11 heteroatoms. The number of nitrogens with zero attached hydrogens (tertiary/aromatic N) is 1. The van der Waals surface area contributed by atoms with Gasteiger partial charge in [-0.05, 0) is 30.8 Å². The van der Waals surface area contributed by atoms with Gasteiger partial charge in [-0.25, -0.2) is 0 Å². The molecule has 2 N–H and O–H groups in total. The van der Waals surface area contributed by atoms with Crippen LogP contribution < -0.4 is 24.8 Å². The van der Waals surface area contributed by atoms with Crippen LogP contribution in [0, 0.1) is 0 Å².